The third-order valence-corrected chi connectivity index (χ3v) is 5.20. The van der Waals surface area contributed by atoms with Crippen LogP contribution >= 0.6 is 15.9 Å². The van der Waals surface area contributed by atoms with Gasteiger partial charge in [-0.3, -0.25) is 0 Å². The molecule has 0 spiro atoms. The molecular formula is C14H27Br. The third-order valence-electron chi connectivity index (χ3n) is 4.01. The number of hydrogen-bond donors (Lipinski definition) is 0. The molecule has 0 amide bonds. The van der Waals surface area contributed by atoms with Gasteiger partial charge in [-0.2, -0.15) is 0 Å². The summed E-state index contributed by atoms with van der Waals surface area (Å²) in [4.78, 5) is 0. The zero-order valence-electron chi connectivity index (χ0n) is 10.4. The molecular weight excluding hydrogens is 248 g/mol. The second-order valence-corrected chi connectivity index (χ2v) is 5.92. The SMILES string of the molecule is CCCCCCCCCC1(CBr)CCC1. The Hall–Kier alpha value is 0.480. The predicted octanol–water partition coefficient (Wildman–Crippen LogP) is 5.69. The molecule has 0 bridgehead atoms. The van der Waals surface area contributed by atoms with E-state index in [4.69, 9.17) is 0 Å². The predicted molar refractivity (Wildman–Crippen MR) is 72.7 cm³/mol. The molecule has 0 aromatic heterocycles. The number of unbranched alkanes of at least 4 members (excludes halogenated alkanes) is 6. The van der Waals surface area contributed by atoms with Crippen molar-refractivity contribution in [2.75, 3.05) is 5.33 Å². The quantitative estimate of drug-likeness (QED) is 0.374. The van der Waals surface area contributed by atoms with Crippen LogP contribution in [-0.2, 0) is 0 Å². The molecule has 0 N–H and O–H groups in total. The minimum Gasteiger partial charge on any atom is -0.0922 e. The van der Waals surface area contributed by atoms with Crippen molar-refractivity contribution in [1.29, 1.82) is 0 Å². The number of rotatable bonds is 9. The fourth-order valence-corrected chi connectivity index (χ4v) is 3.43. The smallest absolute Gasteiger partial charge is 0.00879 e. The highest BCUT2D eigenvalue weighted by molar-refractivity contribution is 9.09. The highest BCUT2D eigenvalue weighted by atomic mass is 79.9. The maximum atomic E-state index is 3.69. The second kappa shape index (κ2) is 7.70. The first-order chi connectivity index (χ1) is 7.33. The molecule has 0 saturated heterocycles. The van der Waals surface area contributed by atoms with Crippen LogP contribution in [0.2, 0.25) is 0 Å². The molecule has 1 saturated carbocycles. The van der Waals surface area contributed by atoms with Crippen LogP contribution in [0.4, 0.5) is 0 Å². The Morgan fingerprint density at radius 3 is 2.00 bits per heavy atom. The van der Waals surface area contributed by atoms with E-state index < -0.39 is 0 Å². The highest BCUT2D eigenvalue weighted by Gasteiger charge is 2.34. The zero-order valence-corrected chi connectivity index (χ0v) is 11.9. The number of hydrogen-bond acceptors (Lipinski definition) is 0. The van der Waals surface area contributed by atoms with Crippen LogP contribution in [0.25, 0.3) is 0 Å². The van der Waals surface area contributed by atoms with Crippen LogP contribution in [0.1, 0.15) is 77.6 Å². The summed E-state index contributed by atoms with van der Waals surface area (Å²) < 4.78 is 0. The lowest BCUT2D eigenvalue weighted by molar-refractivity contribution is 0.149. The standard InChI is InChI=1S/C14H27Br/c1-2-3-4-5-6-7-8-10-14(13-15)11-9-12-14/h2-13H2,1H3. The summed E-state index contributed by atoms with van der Waals surface area (Å²) in [7, 11) is 0. The van der Waals surface area contributed by atoms with E-state index in [-0.39, 0.29) is 0 Å². The van der Waals surface area contributed by atoms with E-state index >= 15 is 0 Å². The normalized spacial score (nSPS) is 18.8. The fraction of sp³-hybridized carbons (Fsp3) is 1.00. The van der Waals surface area contributed by atoms with Gasteiger partial charge in [0.05, 0.1) is 0 Å². The molecule has 1 aliphatic carbocycles. The third kappa shape index (κ3) is 4.89. The summed E-state index contributed by atoms with van der Waals surface area (Å²) in [6.07, 6.45) is 16.1. The van der Waals surface area contributed by atoms with Crippen LogP contribution in [0.5, 0.6) is 0 Å². The molecule has 0 aliphatic heterocycles. The first kappa shape index (κ1) is 13.5. The van der Waals surface area contributed by atoms with Gasteiger partial charge in [0, 0.05) is 5.33 Å². The molecule has 1 aliphatic rings. The average Bonchev–Trinajstić information content (AvgIpc) is 2.20. The van der Waals surface area contributed by atoms with E-state index in [0.717, 1.165) is 5.41 Å². The first-order valence-corrected chi connectivity index (χ1v) is 8.01. The lowest BCUT2D eigenvalue weighted by Gasteiger charge is -2.40. The lowest BCUT2D eigenvalue weighted by atomic mass is 9.67. The van der Waals surface area contributed by atoms with Crippen molar-refractivity contribution in [2.45, 2.75) is 77.6 Å². The summed E-state index contributed by atoms with van der Waals surface area (Å²) in [5.74, 6) is 0. The van der Waals surface area contributed by atoms with Gasteiger partial charge in [-0.25, -0.2) is 0 Å². The summed E-state index contributed by atoms with van der Waals surface area (Å²) in [5.41, 5.74) is 0.726. The van der Waals surface area contributed by atoms with Crippen LogP contribution < -0.4 is 0 Å². The van der Waals surface area contributed by atoms with E-state index in [0.29, 0.717) is 0 Å². The molecule has 0 aromatic carbocycles. The summed E-state index contributed by atoms with van der Waals surface area (Å²) in [5, 5.41) is 1.25. The van der Waals surface area contributed by atoms with E-state index in [1.165, 1.54) is 76.0 Å². The molecule has 90 valence electrons. The fourth-order valence-electron chi connectivity index (χ4n) is 2.58. The van der Waals surface area contributed by atoms with Gasteiger partial charge in [0.25, 0.3) is 0 Å². The Balaban J connectivity index is 1.88. The number of halogens is 1. The van der Waals surface area contributed by atoms with Crippen molar-refractivity contribution >= 4 is 15.9 Å². The van der Waals surface area contributed by atoms with Gasteiger partial charge in [-0.1, -0.05) is 74.2 Å². The van der Waals surface area contributed by atoms with Gasteiger partial charge < -0.3 is 0 Å². The first-order valence-electron chi connectivity index (χ1n) is 6.89. The minimum atomic E-state index is 0.726. The van der Waals surface area contributed by atoms with Crippen LogP contribution in [0.3, 0.4) is 0 Å². The molecule has 1 heteroatoms. The molecule has 0 nitrogen and oxygen atoms in total. The number of alkyl halides is 1. The molecule has 1 rings (SSSR count). The van der Waals surface area contributed by atoms with Gasteiger partial charge in [0.15, 0.2) is 0 Å². The lowest BCUT2D eigenvalue weighted by Crippen LogP contribution is -2.30. The zero-order chi connectivity index (χ0) is 11.0. The second-order valence-electron chi connectivity index (χ2n) is 5.36. The van der Waals surface area contributed by atoms with Gasteiger partial charge in [0.2, 0.25) is 0 Å². The van der Waals surface area contributed by atoms with Crippen LogP contribution in [0.15, 0.2) is 0 Å². The monoisotopic (exact) mass is 274 g/mol. The molecule has 15 heavy (non-hydrogen) atoms. The molecule has 0 aromatic rings. The topological polar surface area (TPSA) is 0 Å². The minimum absolute atomic E-state index is 0.726. The molecule has 0 radical (unpaired) electrons. The van der Waals surface area contributed by atoms with Gasteiger partial charge in [-0.15, -0.1) is 0 Å². The Labute approximate surface area is 104 Å². The van der Waals surface area contributed by atoms with Gasteiger partial charge in [0.1, 0.15) is 0 Å². The summed E-state index contributed by atoms with van der Waals surface area (Å²) in [6, 6.07) is 0. The molecule has 0 unspecified atom stereocenters. The molecule has 1 fully saturated rings. The van der Waals surface area contributed by atoms with Crippen molar-refractivity contribution in [3.05, 3.63) is 0 Å². The van der Waals surface area contributed by atoms with Gasteiger partial charge >= 0.3 is 0 Å². The summed E-state index contributed by atoms with van der Waals surface area (Å²) in [6.45, 7) is 2.29. The van der Waals surface area contributed by atoms with E-state index in [1.807, 2.05) is 0 Å². The Bertz CT molecular complexity index is 144. The molecule has 0 heterocycles. The maximum Gasteiger partial charge on any atom is 0.00879 e. The van der Waals surface area contributed by atoms with Crippen molar-refractivity contribution in [2.24, 2.45) is 5.41 Å². The van der Waals surface area contributed by atoms with Crippen molar-refractivity contribution in [3.63, 3.8) is 0 Å². The van der Waals surface area contributed by atoms with Crippen molar-refractivity contribution in [1.82, 2.24) is 0 Å². The van der Waals surface area contributed by atoms with Crippen LogP contribution in [0, 0.1) is 5.41 Å². The Morgan fingerprint density at radius 1 is 0.933 bits per heavy atom. The Morgan fingerprint density at radius 2 is 1.53 bits per heavy atom. The average molecular weight is 275 g/mol. The molecule has 0 atom stereocenters. The van der Waals surface area contributed by atoms with Crippen molar-refractivity contribution < 1.29 is 0 Å². The van der Waals surface area contributed by atoms with E-state index in [1.54, 1.807) is 0 Å². The van der Waals surface area contributed by atoms with Crippen LogP contribution in [-0.4, -0.2) is 5.33 Å². The van der Waals surface area contributed by atoms with Gasteiger partial charge in [-0.05, 0) is 24.7 Å². The highest BCUT2D eigenvalue weighted by Crippen LogP contribution is 2.46. The van der Waals surface area contributed by atoms with Crippen molar-refractivity contribution in [3.8, 4) is 0 Å². The maximum absolute atomic E-state index is 3.69. The largest absolute Gasteiger partial charge is 0.0922 e. The summed E-state index contributed by atoms with van der Waals surface area (Å²) >= 11 is 3.69. The van der Waals surface area contributed by atoms with E-state index in [9.17, 15) is 0 Å². The Kier molecular flexibility index (Phi) is 6.96. The van der Waals surface area contributed by atoms with E-state index in [2.05, 4.69) is 22.9 Å².